The second-order valence-corrected chi connectivity index (χ2v) is 8.05. The van der Waals surface area contributed by atoms with Crippen LogP contribution < -0.4 is 10.1 Å². The Labute approximate surface area is 201 Å². The highest BCUT2D eigenvalue weighted by atomic mass is 19.1. The first-order valence-corrected chi connectivity index (χ1v) is 10.9. The maximum atomic E-state index is 14.1. The van der Waals surface area contributed by atoms with Crippen LogP contribution in [0.15, 0.2) is 72.9 Å². The summed E-state index contributed by atoms with van der Waals surface area (Å²) in [7, 11) is 2.91. The van der Waals surface area contributed by atoms with Gasteiger partial charge in [-0.1, -0.05) is 12.1 Å². The fraction of sp³-hybridized carbons (Fsp3) is 0.231. The van der Waals surface area contributed by atoms with E-state index in [1.807, 2.05) is 12.1 Å². The standard InChI is InChI=1S/C26H25F2N3O4/c1-33-15-25(32)30-26(16-34-2,19-4-3-5-21(28)13-19)17-35-23-10-11-24-18(12-23)14-29-31(24)22-8-6-20(27)7-9-22/h3-14H,15-17H2,1-2H3,(H,30,32)/t26-/m0/s1. The number of rotatable bonds is 10. The predicted molar refractivity (Wildman–Crippen MR) is 126 cm³/mol. The van der Waals surface area contributed by atoms with Crippen LogP contribution in [0, 0.1) is 11.6 Å². The number of amides is 1. The minimum absolute atomic E-state index is 0.0304. The summed E-state index contributed by atoms with van der Waals surface area (Å²) in [6.45, 7) is -0.163. The summed E-state index contributed by atoms with van der Waals surface area (Å²) in [6, 6.07) is 17.4. The Morgan fingerprint density at radius 2 is 1.77 bits per heavy atom. The first-order valence-electron chi connectivity index (χ1n) is 10.9. The Bertz CT molecular complexity index is 1310. The second-order valence-electron chi connectivity index (χ2n) is 8.05. The Kier molecular flexibility index (Phi) is 7.38. The fourth-order valence-corrected chi connectivity index (χ4v) is 3.91. The van der Waals surface area contributed by atoms with Gasteiger partial charge in [0.05, 0.1) is 24.0 Å². The van der Waals surface area contributed by atoms with Crippen molar-refractivity contribution < 1.29 is 27.8 Å². The van der Waals surface area contributed by atoms with E-state index in [1.165, 1.54) is 38.5 Å². The number of carbonyl (C=O) groups is 1. The van der Waals surface area contributed by atoms with Crippen molar-refractivity contribution in [2.24, 2.45) is 0 Å². The second kappa shape index (κ2) is 10.6. The van der Waals surface area contributed by atoms with Crippen LogP contribution in [0.1, 0.15) is 5.56 Å². The summed E-state index contributed by atoms with van der Waals surface area (Å²) >= 11 is 0. The molecule has 0 spiro atoms. The minimum atomic E-state index is -1.17. The molecule has 3 aromatic carbocycles. The predicted octanol–water partition coefficient (Wildman–Crippen LogP) is 3.99. The lowest BCUT2D eigenvalue weighted by atomic mass is 9.91. The average molecular weight is 481 g/mol. The Hall–Kier alpha value is -3.82. The van der Waals surface area contributed by atoms with E-state index in [9.17, 15) is 13.6 Å². The molecule has 1 amide bonds. The van der Waals surface area contributed by atoms with Crippen molar-refractivity contribution in [3.05, 3.63) is 90.1 Å². The Balaban J connectivity index is 1.62. The monoisotopic (exact) mass is 481 g/mol. The van der Waals surface area contributed by atoms with Crippen molar-refractivity contribution in [3.63, 3.8) is 0 Å². The molecule has 1 atom stereocenters. The molecule has 0 aliphatic rings. The largest absolute Gasteiger partial charge is 0.491 e. The molecule has 9 heteroatoms. The van der Waals surface area contributed by atoms with E-state index < -0.39 is 17.3 Å². The SMILES string of the molecule is COCC(=O)N[C@@](COC)(COc1ccc2c(cnn2-c2ccc(F)cc2)c1)c1cccc(F)c1. The van der Waals surface area contributed by atoms with Crippen LogP contribution in [0.4, 0.5) is 8.78 Å². The maximum Gasteiger partial charge on any atom is 0.246 e. The van der Waals surface area contributed by atoms with Gasteiger partial charge in [-0.2, -0.15) is 5.10 Å². The number of methoxy groups -OCH3 is 2. The molecule has 4 aromatic rings. The van der Waals surface area contributed by atoms with E-state index in [-0.39, 0.29) is 25.6 Å². The van der Waals surface area contributed by atoms with Crippen molar-refractivity contribution in [1.29, 1.82) is 0 Å². The molecule has 7 nitrogen and oxygen atoms in total. The summed E-state index contributed by atoms with van der Waals surface area (Å²) in [5, 5.41) is 8.09. The van der Waals surface area contributed by atoms with Gasteiger partial charge in [0.2, 0.25) is 5.91 Å². The van der Waals surface area contributed by atoms with Crippen LogP contribution in [-0.4, -0.2) is 49.7 Å². The molecule has 0 unspecified atom stereocenters. The van der Waals surface area contributed by atoms with Gasteiger partial charge in [0, 0.05) is 19.6 Å². The van der Waals surface area contributed by atoms with E-state index in [2.05, 4.69) is 10.4 Å². The first kappa shape index (κ1) is 24.3. The number of halogens is 2. The number of aromatic nitrogens is 2. The summed E-state index contributed by atoms with van der Waals surface area (Å²) < 4.78 is 45.5. The van der Waals surface area contributed by atoms with Gasteiger partial charge in [-0.05, 0) is 60.2 Å². The van der Waals surface area contributed by atoms with Gasteiger partial charge < -0.3 is 19.5 Å². The molecule has 0 aliphatic heterocycles. The van der Waals surface area contributed by atoms with Crippen molar-refractivity contribution in [1.82, 2.24) is 15.1 Å². The number of carbonyl (C=O) groups excluding carboxylic acids is 1. The molecular formula is C26H25F2N3O4. The van der Waals surface area contributed by atoms with E-state index in [0.717, 1.165) is 16.6 Å². The molecule has 0 saturated carbocycles. The van der Waals surface area contributed by atoms with Crippen molar-refractivity contribution >= 4 is 16.8 Å². The van der Waals surface area contributed by atoms with Crippen molar-refractivity contribution in [2.45, 2.75) is 5.54 Å². The molecule has 1 aromatic heterocycles. The van der Waals surface area contributed by atoms with Crippen LogP contribution in [0.5, 0.6) is 5.75 Å². The zero-order valence-corrected chi connectivity index (χ0v) is 19.3. The third-order valence-corrected chi connectivity index (χ3v) is 5.52. The number of ether oxygens (including phenoxy) is 3. The smallest absolute Gasteiger partial charge is 0.246 e. The zero-order chi connectivity index (χ0) is 24.8. The molecule has 1 heterocycles. The number of nitrogens with one attached hydrogen (secondary N) is 1. The van der Waals surface area contributed by atoms with Gasteiger partial charge in [0.1, 0.15) is 36.1 Å². The number of benzene rings is 3. The molecular weight excluding hydrogens is 456 g/mol. The molecule has 0 radical (unpaired) electrons. The lowest BCUT2D eigenvalue weighted by Gasteiger charge is -2.34. The van der Waals surface area contributed by atoms with E-state index >= 15 is 0 Å². The maximum absolute atomic E-state index is 14.1. The highest BCUT2D eigenvalue weighted by molar-refractivity contribution is 5.82. The molecule has 182 valence electrons. The van der Waals surface area contributed by atoms with Gasteiger partial charge >= 0.3 is 0 Å². The summed E-state index contributed by atoms with van der Waals surface area (Å²) in [4.78, 5) is 12.5. The summed E-state index contributed by atoms with van der Waals surface area (Å²) in [5.41, 5.74) is 0.862. The van der Waals surface area contributed by atoms with Crippen LogP contribution in [0.25, 0.3) is 16.6 Å². The van der Waals surface area contributed by atoms with Crippen LogP contribution in [-0.2, 0) is 19.8 Å². The average Bonchev–Trinajstić information content (AvgIpc) is 3.26. The van der Waals surface area contributed by atoms with Crippen molar-refractivity contribution in [2.75, 3.05) is 34.0 Å². The number of nitrogens with zero attached hydrogens (tertiary/aromatic N) is 2. The Morgan fingerprint density at radius 1 is 0.971 bits per heavy atom. The number of hydrogen-bond acceptors (Lipinski definition) is 5. The van der Waals surface area contributed by atoms with Gasteiger partial charge in [-0.3, -0.25) is 4.79 Å². The quantitative estimate of drug-likeness (QED) is 0.371. The molecule has 0 aliphatic carbocycles. The summed E-state index contributed by atoms with van der Waals surface area (Å²) in [6.07, 6.45) is 1.68. The first-order chi connectivity index (χ1) is 16.9. The minimum Gasteiger partial charge on any atom is -0.491 e. The lowest BCUT2D eigenvalue weighted by Crippen LogP contribution is -2.54. The van der Waals surface area contributed by atoms with Gasteiger partial charge in [0.25, 0.3) is 0 Å². The van der Waals surface area contributed by atoms with E-state index in [4.69, 9.17) is 14.2 Å². The molecule has 0 saturated heterocycles. The number of hydrogen-bond donors (Lipinski definition) is 1. The highest BCUT2D eigenvalue weighted by Crippen LogP contribution is 2.27. The molecule has 0 bridgehead atoms. The van der Waals surface area contributed by atoms with Gasteiger partial charge in [-0.15, -0.1) is 0 Å². The van der Waals surface area contributed by atoms with E-state index in [0.29, 0.717) is 11.3 Å². The van der Waals surface area contributed by atoms with Crippen molar-refractivity contribution in [3.8, 4) is 11.4 Å². The van der Waals surface area contributed by atoms with Crippen LogP contribution in [0.2, 0.25) is 0 Å². The highest BCUT2D eigenvalue weighted by Gasteiger charge is 2.36. The van der Waals surface area contributed by atoms with Gasteiger partial charge in [-0.25, -0.2) is 13.5 Å². The molecule has 1 N–H and O–H groups in total. The summed E-state index contributed by atoms with van der Waals surface area (Å²) in [5.74, 6) is -0.641. The lowest BCUT2D eigenvalue weighted by molar-refractivity contribution is -0.128. The fourth-order valence-electron chi connectivity index (χ4n) is 3.91. The third-order valence-electron chi connectivity index (χ3n) is 5.52. The van der Waals surface area contributed by atoms with Crippen LogP contribution >= 0.6 is 0 Å². The third kappa shape index (κ3) is 5.47. The van der Waals surface area contributed by atoms with E-state index in [1.54, 1.807) is 41.2 Å². The molecule has 0 fully saturated rings. The molecule has 35 heavy (non-hydrogen) atoms. The van der Waals surface area contributed by atoms with Crippen LogP contribution in [0.3, 0.4) is 0 Å². The zero-order valence-electron chi connectivity index (χ0n) is 19.3. The molecule has 4 rings (SSSR count). The topological polar surface area (TPSA) is 74.6 Å². The number of fused-ring (bicyclic) bond motifs is 1. The Morgan fingerprint density at radius 3 is 2.49 bits per heavy atom. The normalized spacial score (nSPS) is 12.9. The van der Waals surface area contributed by atoms with Gasteiger partial charge in [0.15, 0.2) is 0 Å².